The number of halogens is 1. The molecule has 3 aromatic carbocycles. The number of sulfonamides is 1. The maximum absolute atomic E-state index is 14.0. The molecule has 2 amide bonds. The molecule has 0 saturated carbocycles. The number of anilines is 1. The van der Waals surface area contributed by atoms with Crippen LogP contribution in [0.3, 0.4) is 0 Å². The van der Waals surface area contributed by atoms with Gasteiger partial charge in [-0.2, -0.15) is 0 Å². The molecule has 0 heterocycles. The van der Waals surface area contributed by atoms with E-state index in [-0.39, 0.29) is 23.4 Å². The van der Waals surface area contributed by atoms with Gasteiger partial charge in [0.2, 0.25) is 11.8 Å². The molecule has 0 aliphatic rings. The first-order valence-corrected chi connectivity index (χ1v) is 14.6. The minimum absolute atomic E-state index is 0.0612. The van der Waals surface area contributed by atoms with Crippen molar-refractivity contribution in [3.05, 3.63) is 94.0 Å². The van der Waals surface area contributed by atoms with Gasteiger partial charge in [0.1, 0.15) is 12.6 Å². The number of amides is 2. The number of carbonyl (C=O) groups excluding carboxylic acids is 2. The Kier molecular flexibility index (Phi) is 9.80. The Morgan fingerprint density at radius 2 is 1.56 bits per heavy atom. The number of benzene rings is 3. The summed E-state index contributed by atoms with van der Waals surface area (Å²) in [5.74, 6) is -0.824. The normalized spacial score (nSPS) is 12.2. The third-order valence-electron chi connectivity index (χ3n) is 6.35. The van der Waals surface area contributed by atoms with Crippen molar-refractivity contribution in [1.82, 2.24) is 10.2 Å². The first-order chi connectivity index (χ1) is 18.3. The van der Waals surface area contributed by atoms with Gasteiger partial charge in [0.25, 0.3) is 10.0 Å². The number of nitrogens with zero attached hydrogens (tertiary/aromatic N) is 2. The molecule has 0 saturated heterocycles. The number of hydrogen-bond acceptors (Lipinski definition) is 4. The Bertz CT molecular complexity index is 1440. The summed E-state index contributed by atoms with van der Waals surface area (Å²) >= 11 is 6.16. The van der Waals surface area contributed by atoms with Crippen LogP contribution in [0, 0.1) is 20.8 Å². The molecule has 0 aliphatic heterocycles. The second-order valence-electron chi connectivity index (χ2n) is 10.1. The fraction of sp³-hybridized carbons (Fsp3) is 0.333. The lowest BCUT2D eigenvalue weighted by molar-refractivity contribution is -0.139. The molecule has 0 fully saturated rings. The topological polar surface area (TPSA) is 86.8 Å². The first kappa shape index (κ1) is 30.2. The van der Waals surface area contributed by atoms with Gasteiger partial charge in [-0.15, -0.1) is 0 Å². The van der Waals surface area contributed by atoms with E-state index >= 15 is 0 Å². The van der Waals surface area contributed by atoms with Gasteiger partial charge in [-0.05, 0) is 83.0 Å². The summed E-state index contributed by atoms with van der Waals surface area (Å²) in [4.78, 5) is 28.5. The fourth-order valence-corrected chi connectivity index (χ4v) is 5.95. The van der Waals surface area contributed by atoms with Gasteiger partial charge in [-0.3, -0.25) is 13.9 Å². The van der Waals surface area contributed by atoms with Crippen molar-refractivity contribution in [2.75, 3.05) is 10.8 Å². The fourth-order valence-electron chi connectivity index (χ4n) is 4.24. The molecule has 0 bridgehead atoms. The Morgan fingerprint density at radius 1 is 0.897 bits per heavy atom. The maximum atomic E-state index is 14.0. The van der Waals surface area contributed by atoms with Gasteiger partial charge in [-0.25, -0.2) is 8.42 Å². The van der Waals surface area contributed by atoms with Crippen LogP contribution in [0.25, 0.3) is 0 Å². The zero-order chi connectivity index (χ0) is 28.9. The van der Waals surface area contributed by atoms with Crippen LogP contribution in [-0.4, -0.2) is 43.8 Å². The Labute approximate surface area is 236 Å². The summed E-state index contributed by atoms with van der Waals surface area (Å²) in [5, 5.41) is 3.31. The summed E-state index contributed by atoms with van der Waals surface area (Å²) in [5.41, 5.74) is 3.70. The SMILES string of the molecule is Cc1ccc(S(=O)(=O)N(CC(=O)N(Cc2cccc(C)c2)[C@H](C)C(=O)NC(C)C)c2ccc(Cl)cc2C)cc1. The summed E-state index contributed by atoms with van der Waals surface area (Å²) < 4.78 is 29.0. The molecular formula is C30H36ClN3O4S. The van der Waals surface area contributed by atoms with Crippen LogP contribution < -0.4 is 9.62 Å². The highest BCUT2D eigenvalue weighted by Crippen LogP contribution is 2.29. The van der Waals surface area contributed by atoms with Gasteiger partial charge >= 0.3 is 0 Å². The highest BCUT2D eigenvalue weighted by atomic mass is 35.5. The van der Waals surface area contributed by atoms with E-state index in [9.17, 15) is 18.0 Å². The molecule has 9 heteroatoms. The van der Waals surface area contributed by atoms with Gasteiger partial charge < -0.3 is 10.2 Å². The lowest BCUT2D eigenvalue weighted by Gasteiger charge is -2.32. The molecule has 3 aromatic rings. The molecule has 0 unspecified atom stereocenters. The number of rotatable bonds is 10. The number of carbonyl (C=O) groups is 2. The van der Waals surface area contributed by atoms with Crippen molar-refractivity contribution in [3.63, 3.8) is 0 Å². The van der Waals surface area contributed by atoms with E-state index in [1.807, 2.05) is 52.0 Å². The van der Waals surface area contributed by atoms with E-state index in [1.165, 1.54) is 17.0 Å². The summed E-state index contributed by atoms with van der Waals surface area (Å²) in [6.07, 6.45) is 0. The van der Waals surface area contributed by atoms with Crippen molar-refractivity contribution >= 4 is 39.1 Å². The first-order valence-electron chi connectivity index (χ1n) is 12.8. The smallest absolute Gasteiger partial charge is 0.264 e. The van der Waals surface area contributed by atoms with Crippen molar-refractivity contribution in [3.8, 4) is 0 Å². The molecule has 208 valence electrons. The molecule has 0 spiro atoms. The Balaban J connectivity index is 2.07. The van der Waals surface area contributed by atoms with Crippen LogP contribution in [0.4, 0.5) is 5.69 Å². The summed E-state index contributed by atoms with van der Waals surface area (Å²) in [6, 6.07) is 18.0. The molecule has 0 aromatic heterocycles. The second-order valence-corrected chi connectivity index (χ2v) is 12.4. The van der Waals surface area contributed by atoms with E-state index in [0.717, 1.165) is 21.0 Å². The average Bonchev–Trinajstić information content (AvgIpc) is 2.85. The van der Waals surface area contributed by atoms with Crippen molar-refractivity contribution in [2.24, 2.45) is 0 Å². The third-order valence-corrected chi connectivity index (χ3v) is 8.36. The van der Waals surface area contributed by atoms with E-state index in [1.54, 1.807) is 44.2 Å². The summed E-state index contributed by atoms with van der Waals surface area (Å²) in [6.45, 7) is 10.5. The zero-order valence-corrected chi connectivity index (χ0v) is 24.8. The van der Waals surface area contributed by atoms with Crippen molar-refractivity contribution in [2.45, 2.75) is 65.1 Å². The molecule has 0 radical (unpaired) electrons. The molecule has 1 atom stereocenters. The molecule has 7 nitrogen and oxygen atoms in total. The summed E-state index contributed by atoms with van der Waals surface area (Å²) in [7, 11) is -4.14. The van der Waals surface area contributed by atoms with Crippen molar-refractivity contribution < 1.29 is 18.0 Å². The Hall–Kier alpha value is -3.36. The maximum Gasteiger partial charge on any atom is 0.264 e. The quantitative estimate of drug-likeness (QED) is 0.354. The van der Waals surface area contributed by atoms with E-state index in [4.69, 9.17) is 11.6 Å². The van der Waals surface area contributed by atoms with Gasteiger partial charge in [0.15, 0.2) is 0 Å². The molecule has 0 aliphatic carbocycles. The zero-order valence-electron chi connectivity index (χ0n) is 23.2. The molecular weight excluding hydrogens is 534 g/mol. The highest BCUT2D eigenvalue weighted by Gasteiger charge is 2.33. The Morgan fingerprint density at radius 3 is 2.15 bits per heavy atom. The van der Waals surface area contributed by atoms with E-state index in [0.29, 0.717) is 16.3 Å². The largest absolute Gasteiger partial charge is 0.352 e. The lowest BCUT2D eigenvalue weighted by atomic mass is 10.1. The minimum Gasteiger partial charge on any atom is -0.352 e. The third kappa shape index (κ3) is 7.61. The predicted octanol–water partition coefficient (Wildman–Crippen LogP) is 5.40. The minimum atomic E-state index is -4.14. The van der Waals surface area contributed by atoms with Crippen LogP contribution in [0.1, 0.15) is 43.0 Å². The van der Waals surface area contributed by atoms with Crippen molar-refractivity contribution in [1.29, 1.82) is 0 Å². The monoisotopic (exact) mass is 569 g/mol. The predicted molar refractivity (Wildman–Crippen MR) is 156 cm³/mol. The average molecular weight is 570 g/mol. The van der Waals surface area contributed by atoms with Gasteiger partial charge in [0.05, 0.1) is 10.6 Å². The van der Waals surface area contributed by atoms with Crippen LogP contribution in [0.5, 0.6) is 0 Å². The van der Waals surface area contributed by atoms with Crippen LogP contribution >= 0.6 is 11.6 Å². The van der Waals surface area contributed by atoms with Crippen LogP contribution in [-0.2, 0) is 26.2 Å². The highest BCUT2D eigenvalue weighted by molar-refractivity contribution is 7.92. The standard InChI is InChI=1S/C30H36ClN3O4S/c1-20(2)32-30(36)24(6)33(18-25-9-7-8-22(4)16-25)29(35)19-34(28-15-12-26(31)17-23(28)5)39(37,38)27-13-10-21(3)11-14-27/h7-17,20,24H,18-19H2,1-6H3,(H,32,36)/t24-/m1/s1. The van der Waals surface area contributed by atoms with E-state index < -0.39 is 28.5 Å². The number of hydrogen-bond donors (Lipinski definition) is 1. The lowest BCUT2D eigenvalue weighted by Crippen LogP contribution is -2.52. The second kappa shape index (κ2) is 12.7. The number of aryl methyl sites for hydroxylation is 3. The van der Waals surface area contributed by atoms with Gasteiger partial charge in [-0.1, -0.05) is 59.1 Å². The molecule has 1 N–H and O–H groups in total. The molecule has 3 rings (SSSR count). The number of nitrogens with one attached hydrogen (secondary N) is 1. The molecule has 39 heavy (non-hydrogen) atoms. The van der Waals surface area contributed by atoms with Crippen LogP contribution in [0.2, 0.25) is 5.02 Å². The van der Waals surface area contributed by atoms with Gasteiger partial charge in [0, 0.05) is 17.6 Å². The van der Waals surface area contributed by atoms with E-state index in [2.05, 4.69) is 5.32 Å². The van der Waals surface area contributed by atoms with Crippen LogP contribution in [0.15, 0.2) is 71.6 Å².